The number of fused-ring (bicyclic) bond motifs is 1. The molecule has 1 aromatic heterocycles. The van der Waals surface area contributed by atoms with Crippen LogP contribution in [0.5, 0.6) is 0 Å². The molecular formula is C18H12FN3OS. The van der Waals surface area contributed by atoms with Crippen LogP contribution in [0.4, 0.5) is 4.39 Å². The number of benzene rings is 2. The molecule has 0 bridgehead atoms. The molecule has 1 aliphatic carbocycles. The maximum Gasteiger partial charge on any atom is 0.148 e. The lowest BCUT2D eigenvalue weighted by atomic mass is 10.0. The highest BCUT2D eigenvalue weighted by molar-refractivity contribution is 7.17. The second-order valence-corrected chi connectivity index (χ2v) is 6.62. The Hall–Kier alpha value is -2.62. The molecule has 4 rings (SSSR count). The summed E-state index contributed by atoms with van der Waals surface area (Å²) in [5.74, 6) is -0.541. The fraction of sp³-hybridized carbons (Fsp3) is 0.167. The zero-order valence-electron chi connectivity index (χ0n) is 12.5. The molecule has 1 atom stereocenters. The van der Waals surface area contributed by atoms with E-state index in [4.69, 9.17) is 5.26 Å². The fourth-order valence-corrected chi connectivity index (χ4v) is 3.92. The number of rotatable bonds is 2. The number of nitrogens with zero attached hydrogens (tertiary/aromatic N) is 3. The zero-order valence-corrected chi connectivity index (χ0v) is 13.3. The number of hydrogen-bond donors (Lipinski definition) is 1. The summed E-state index contributed by atoms with van der Waals surface area (Å²) < 4.78 is 13.5. The van der Waals surface area contributed by atoms with Crippen LogP contribution in [0.15, 0.2) is 36.4 Å². The normalized spacial score (nSPS) is 16.0. The molecule has 1 aliphatic rings. The van der Waals surface area contributed by atoms with Crippen molar-refractivity contribution in [3.05, 3.63) is 58.9 Å². The highest BCUT2D eigenvalue weighted by atomic mass is 32.1. The van der Waals surface area contributed by atoms with Crippen LogP contribution in [0.2, 0.25) is 0 Å². The van der Waals surface area contributed by atoms with E-state index in [0.717, 1.165) is 34.5 Å². The van der Waals surface area contributed by atoms with Gasteiger partial charge in [-0.15, -0.1) is 10.2 Å². The molecule has 0 unspecified atom stereocenters. The summed E-state index contributed by atoms with van der Waals surface area (Å²) in [6.07, 6.45) is 1.13. The number of aliphatic hydroxyl groups is 1. The fourth-order valence-electron chi connectivity index (χ4n) is 3.03. The average molecular weight is 337 g/mol. The van der Waals surface area contributed by atoms with Gasteiger partial charge in [0.05, 0.1) is 11.7 Å². The Morgan fingerprint density at radius 2 is 2.04 bits per heavy atom. The van der Waals surface area contributed by atoms with E-state index in [1.807, 2.05) is 24.3 Å². The Kier molecular flexibility index (Phi) is 3.60. The third-order valence-corrected chi connectivity index (χ3v) is 5.23. The van der Waals surface area contributed by atoms with E-state index in [-0.39, 0.29) is 5.56 Å². The SMILES string of the molecule is N#Cc1cc(-c2nnc(-c3cccc4c3CC[C@@H]4O)s2)ccc1F. The molecule has 0 saturated carbocycles. The highest BCUT2D eigenvalue weighted by Crippen LogP contribution is 2.39. The standard InChI is InChI=1S/C18H12FN3OS/c19-15-6-4-10(8-11(15)9-20)17-21-22-18(24-17)14-3-1-2-13-12(14)5-7-16(13)23/h1-4,6,8,16,23H,5,7H2/t16-/m0/s1. The Balaban J connectivity index is 1.76. The van der Waals surface area contributed by atoms with Gasteiger partial charge in [0, 0.05) is 11.1 Å². The quantitative estimate of drug-likeness (QED) is 0.771. The van der Waals surface area contributed by atoms with Crippen molar-refractivity contribution >= 4 is 11.3 Å². The molecule has 1 N–H and O–H groups in total. The summed E-state index contributed by atoms with van der Waals surface area (Å²) in [5, 5.41) is 28.8. The van der Waals surface area contributed by atoms with Gasteiger partial charge in [-0.1, -0.05) is 29.5 Å². The van der Waals surface area contributed by atoms with Crippen molar-refractivity contribution in [2.45, 2.75) is 18.9 Å². The molecule has 0 fully saturated rings. The van der Waals surface area contributed by atoms with Crippen LogP contribution >= 0.6 is 11.3 Å². The molecule has 0 saturated heterocycles. The van der Waals surface area contributed by atoms with Crippen LogP contribution in [0.1, 0.15) is 29.2 Å². The first kappa shape index (κ1) is 14.9. The van der Waals surface area contributed by atoms with Crippen LogP contribution < -0.4 is 0 Å². The molecule has 0 spiro atoms. The third kappa shape index (κ3) is 2.39. The lowest BCUT2D eigenvalue weighted by Crippen LogP contribution is -1.91. The Labute approximate surface area is 141 Å². The maximum atomic E-state index is 13.5. The molecule has 4 nitrogen and oxygen atoms in total. The molecule has 118 valence electrons. The van der Waals surface area contributed by atoms with E-state index < -0.39 is 11.9 Å². The minimum atomic E-state index is -0.541. The van der Waals surface area contributed by atoms with Crippen LogP contribution in [-0.2, 0) is 6.42 Å². The van der Waals surface area contributed by atoms with Crippen molar-refractivity contribution in [1.29, 1.82) is 5.26 Å². The van der Waals surface area contributed by atoms with Gasteiger partial charge in [-0.3, -0.25) is 0 Å². The molecule has 3 aromatic rings. The largest absolute Gasteiger partial charge is 0.388 e. The molecule has 0 radical (unpaired) electrons. The second kappa shape index (κ2) is 5.78. The van der Waals surface area contributed by atoms with E-state index in [1.54, 1.807) is 6.07 Å². The van der Waals surface area contributed by atoms with Gasteiger partial charge < -0.3 is 5.11 Å². The van der Waals surface area contributed by atoms with E-state index >= 15 is 0 Å². The summed E-state index contributed by atoms with van der Waals surface area (Å²) in [6, 6.07) is 12.0. The summed E-state index contributed by atoms with van der Waals surface area (Å²) in [4.78, 5) is 0. The summed E-state index contributed by atoms with van der Waals surface area (Å²) in [5.41, 5.74) is 3.72. The highest BCUT2D eigenvalue weighted by Gasteiger charge is 2.24. The van der Waals surface area contributed by atoms with Crippen molar-refractivity contribution in [1.82, 2.24) is 10.2 Å². The number of nitriles is 1. The van der Waals surface area contributed by atoms with Crippen LogP contribution in [0.25, 0.3) is 21.1 Å². The predicted octanol–water partition coefficient (Wildman–Crippen LogP) is 3.86. The van der Waals surface area contributed by atoms with Gasteiger partial charge in [0.25, 0.3) is 0 Å². The first-order valence-corrected chi connectivity index (χ1v) is 8.33. The van der Waals surface area contributed by atoms with Crippen molar-refractivity contribution in [3.8, 4) is 27.2 Å². The number of aromatic nitrogens is 2. The Bertz CT molecular complexity index is 977. The van der Waals surface area contributed by atoms with Crippen LogP contribution in [0.3, 0.4) is 0 Å². The van der Waals surface area contributed by atoms with Gasteiger partial charge in [0.15, 0.2) is 0 Å². The third-order valence-electron chi connectivity index (χ3n) is 4.23. The summed E-state index contributed by atoms with van der Waals surface area (Å²) >= 11 is 1.40. The summed E-state index contributed by atoms with van der Waals surface area (Å²) in [6.45, 7) is 0. The monoisotopic (exact) mass is 337 g/mol. The Morgan fingerprint density at radius 1 is 1.21 bits per heavy atom. The number of hydrogen-bond acceptors (Lipinski definition) is 5. The van der Waals surface area contributed by atoms with Gasteiger partial charge >= 0.3 is 0 Å². The van der Waals surface area contributed by atoms with Gasteiger partial charge in [-0.05, 0) is 42.2 Å². The smallest absolute Gasteiger partial charge is 0.148 e. The maximum absolute atomic E-state index is 13.5. The molecular weight excluding hydrogens is 325 g/mol. The van der Waals surface area contributed by atoms with E-state index in [0.29, 0.717) is 10.6 Å². The molecule has 24 heavy (non-hydrogen) atoms. The van der Waals surface area contributed by atoms with Gasteiger partial charge in [-0.25, -0.2) is 4.39 Å². The molecule has 1 heterocycles. The van der Waals surface area contributed by atoms with E-state index in [2.05, 4.69) is 10.2 Å². The topological polar surface area (TPSA) is 69.8 Å². The average Bonchev–Trinajstić information content (AvgIpc) is 3.23. The second-order valence-electron chi connectivity index (χ2n) is 5.65. The van der Waals surface area contributed by atoms with Gasteiger partial charge in [0.2, 0.25) is 0 Å². The predicted molar refractivity (Wildman–Crippen MR) is 88.7 cm³/mol. The molecule has 0 aliphatic heterocycles. The van der Waals surface area contributed by atoms with Gasteiger partial charge in [0.1, 0.15) is 21.9 Å². The van der Waals surface area contributed by atoms with Crippen molar-refractivity contribution < 1.29 is 9.50 Å². The van der Waals surface area contributed by atoms with E-state index in [1.165, 1.54) is 23.5 Å². The van der Waals surface area contributed by atoms with Crippen LogP contribution in [0, 0.1) is 17.1 Å². The first-order chi connectivity index (χ1) is 11.7. The molecule has 0 amide bonds. The van der Waals surface area contributed by atoms with E-state index in [9.17, 15) is 9.50 Å². The Morgan fingerprint density at radius 3 is 2.88 bits per heavy atom. The molecule has 6 heteroatoms. The zero-order chi connectivity index (χ0) is 16.7. The van der Waals surface area contributed by atoms with Crippen molar-refractivity contribution in [2.24, 2.45) is 0 Å². The molecule has 2 aromatic carbocycles. The lowest BCUT2D eigenvalue weighted by molar-refractivity contribution is 0.180. The summed E-state index contributed by atoms with van der Waals surface area (Å²) in [7, 11) is 0. The van der Waals surface area contributed by atoms with Crippen molar-refractivity contribution in [2.75, 3.05) is 0 Å². The van der Waals surface area contributed by atoms with Gasteiger partial charge in [-0.2, -0.15) is 5.26 Å². The lowest BCUT2D eigenvalue weighted by Gasteiger charge is -2.06. The van der Waals surface area contributed by atoms with Crippen LogP contribution in [-0.4, -0.2) is 15.3 Å². The minimum absolute atomic E-state index is 0.00650. The van der Waals surface area contributed by atoms with Crippen molar-refractivity contribution in [3.63, 3.8) is 0 Å². The number of aliphatic hydroxyl groups excluding tert-OH is 1. The minimum Gasteiger partial charge on any atom is -0.388 e. The number of halogens is 1. The first-order valence-electron chi connectivity index (χ1n) is 7.51.